The Morgan fingerprint density at radius 1 is 1.41 bits per heavy atom. The van der Waals surface area contributed by atoms with E-state index in [9.17, 15) is 9.18 Å². The molecule has 0 saturated carbocycles. The number of benzene rings is 1. The minimum Gasteiger partial charge on any atom is -0.494 e. The minimum atomic E-state index is -0.459. The van der Waals surface area contributed by atoms with Gasteiger partial charge in [-0.15, -0.1) is 0 Å². The van der Waals surface area contributed by atoms with Gasteiger partial charge >= 0.3 is 0 Å². The Morgan fingerprint density at radius 3 is 2.82 bits per heavy atom. The second-order valence-corrected chi connectivity index (χ2v) is 3.60. The van der Waals surface area contributed by atoms with E-state index >= 15 is 0 Å². The van der Waals surface area contributed by atoms with Crippen LogP contribution < -0.4 is 4.74 Å². The Hall–Kier alpha value is -1.42. The maximum absolute atomic E-state index is 13.7. The van der Waals surface area contributed by atoms with Gasteiger partial charge in [-0.05, 0) is 18.6 Å². The number of Topliss-reactive ketones (excluding diaryl/α,β-unsaturated/α-hetero) is 1. The zero-order chi connectivity index (χ0) is 12.7. The van der Waals surface area contributed by atoms with Gasteiger partial charge in [0, 0.05) is 19.4 Å². The van der Waals surface area contributed by atoms with Gasteiger partial charge in [-0.1, -0.05) is 12.1 Å². The Bertz CT molecular complexity index is 377. The molecule has 0 unspecified atom stereocenters. The van der Waals surface area contributed by atoms with Crippen LogP contribution in [0.1, 0.15) is 18.9 Å². The van der Waals surface area contributed by atoms with Gasteiger partial charge < -0.3 is 9.47 Å². The van der Waals surface area contributed by atoms with Crippen molar-refractivity contribution in [1.29, 1.82) is 0 Å². The second kappa shape index (κ2) is 7.01. The third kappa shape index (κ3) is 4.15. The third-order valence-electron chi connectivity index (χ3n) is 2.38. The largest absolute Gasteiger partial charge is 0.494 e. The lowest BCUT2D eigenvalue weighted by atomic mass is 10.1. The molecule has 3 nitrogen and oxygen atoms in total. The first-order valence-electron chi connectivity index (χ1n) is 5.59. The van der Waals surface area contributed by atoms with E-state index in [2.05, 4.69) is 0 Å². The monoisotopic (exact) mass is 240 g/mol. The van der Waals surface area contributed by atoms with Gasteiger partial charge in [-0.2, -0.15) is 0 Å². The zero-order valence-electron chi connectivity index (χ0n) is 10.2. The highest BCUT2D eigenvalue weighted by atomic mass is 19.1. The van der Waals surface area contributed by atoms with Crippen LogP contribution in [0.25, 0.3) is 0 Å². The summed E-state index contributed by atoms with van der Waals surface area (Å²) in [6.45, 7) is 2.84. The van der Waals surface area contributed by atoms with Crippen molar-refractivity contribution in [2.24, 2.45) is 0 Å². The number of methoxy groups -OCH3 is 1. The van der Waals surface area contributed by atoms with Crippen molar-refractivity contribution in [2.45, 2.75) is 19.8 Å². The van der Waals surface area contributed by atoms with Gasteiger partial charge in [-0.25, -0.2) is 4.39 Å². The van der Waals surface area contributed by atoms with Crippen molar-refractivity contribution in [3.8, 4) is 5.75 Å². The summed E-state index contributed by atoms with van der Waals surface area (Å²) in [4.78, 5) is 11.6. The number of rotatable bonds is 7. The van der Waals surface area contributed by atoms with E-state index < -0.39 is 5.82 Å². The number of hydrogen-bond donors (Lipinski definition) is 0. The highest BCUT2D eigenvalue weighted by molar-refractivity contribution is 5.81. The maximum atomic E-state index is 13.7. The first kappa shape index (κ1) is 13.6. The van der Waals surface area contributed by atoms with Crippen LogP contribution in [0.5, 0.6) is 5.75 Å². The number of halogens is 1. The van der Waals surface area contributed by atoms with E-state index in [1.807, 2.05) is 6.92 Å². The SMILES string of the molecule is CCOCCC(=O)Cc1cccc(OC)c1F. The van der Waals surface area contributed by atoms with Crippen LogP contribution in [-0.4, -0.2) is 26.1 Å². The van der Waals surface area contributed by atoms with Gasteiger partial charge in [0.05, 0.1) is 13.7 Å². The quantitative estimate of drug-likeness (QED) is 0.686. The molecule has 17 heavy (non-hydrogen) atoms. The van der Waals surface area contributed by atoms with Crippen LogP contribution in [0, 0.1) is 5.82 Å². The molecule has 0 radical (unpaired) electrons. The van der Waals surface area contributed by atoms with Gasteiger partial charge in [-0.3, -0.25) is 4.79 Å². The van der Waals surface area contributed by atoms with Crippen molar-refractivity contribution >= 4 is 5.78 Å². The fourth-order valence-electron chi connectivity index (χ4n) is 1.48. The van der Waals surface area contributed by atoms with Gasteiger partial charge in [0.25, 0.3) is 0 Å². The lowest BCUT2D eigenvalue weighted by Crippen LogP contribution is -2.08. The van der Waals surface area contributed by atoms with Crippen molar-refractivity contribution in [2.75, 3.05) is 20.3 Å². The molecule has 4 heteroatoms. The number of ketones is 1. The molecule has 1 aromatic rings. The average molecular weight is 240 g/mol. The molecule has 94 valence electrons. The van der Waals surface area contributed by atoms with Crippen LogP contribution in [0.15, 0.2) is 18.2 Å². The van der Waals surface area contributed by atoms with E-state index in [-0.39, 0.29) is 18.0 Å². The molecule has 0 bridgehead atoms. The van der Waals surface area contributed by atoms with Crippen LogP contribution >= 0.6 is 0 Å². The molecule has 0 saturated heterocycles. The number of hydrogen-bond acceptors (Lipinski definition) is 3. The summed E-state index contributed by atoms with van der Waals surface area (Å²) in [5, 5.41) is 0. The van der Waals surface area contributed by atoms with Crippen molar-refractivity contribution in [3.05, 3.63) is 29.6 Å². The predicted molar refractivity (Wildman–Crippen MR) is 62.8 cm³/mol. The molecule has 0 amide bonds. The molecular weight excluding hydrogens is 223 g/mol. The van der Waals surface area contributed by atoms with Crippen LogP contribution in [0.4, 0.5) is 4.39 Å². The highest BCUT2D eigenvalue weighted by Gasteiger charge is 2.11. The zero-order valence-corrected chi connectivity index (χ0v) is 10.2. The molecule has 0 fully saturated rings. The third-order valence-corrected chi connectivity index (χ3v) is 2.38. The van der Waals surface area contributed by atoms with Gasteiger partial charge in [0.15, 0.2) is 11.6 Å². The molecule has 0 aliphatic rings. The number of carbonyl (C=O) groups excluding carboxylic acids is 1. The Balaban J connectivity index is 2.59. The van der Waals surface area contributed by atoms with Crippen molar-refractivity contribution in [1.82, 2.24) is 0 Å². The predicted octanol–water partition coefficient (Wildman–Crippen LogP) is 2.37. The van der Waals surface area contributed by atoms with Crippen molar-refractivity contribution < 1.29 is 18.7 Å². The fourth-order valence-corrected chi connectivity index (χ4v) is 1.48. The molecule has 0 N–H and O–H groups in total. The summed E-state index contributed by atoms with van der Waals surface area (Å²) in [7, 11) is 1.40. The number of ether oxygens (including phenoxy) is 2. The Kier molecular flexibility index (Phi) is 5.63. The smallest absolute Gasteiger partial charge is 0.168 e. The fraction of sp³-hybridized carbons (Fsp3) is 0.462. The summed E-state index contributed by atoms with van der Waals surface area (Å²) < 4.78 is 23.6. The molecule has 0 heterocycles. The summed E-state index contributed by atoms with van der Waals surface area (Å²) >= 11 is 0. The summed E-state index contributed by atoms with van der Waals surface area (Å²) in [5.74, 6) is -0.328. The molecule has 0 spiro atoms. The van der Waals surface area contributed by atoms with Crippen molar-refractivity contribution in [3.63, 3.8) is 0 Å². The second-order valence-electron chi connectivity index (χ2n) is 3.60. The molecular formula is C13H17FO3. The van der Waals surface area contributed by atoms with E-state index in [4.69, 9.17) is 9.47 Å². The van der Waals surface area contributed by atoms with Crippen LogP contribution in [0.2, 0.25) is 0 Å². The topological polar surface area (TPSA) is 35.5 Å². The first-order valence-corrected chi connectivity index (χ1v) is 5.59. The normalized spacial score (nSPS) is 10.3. The summed E-state index contributed by atoms with van der Waals surface area (Å²) in [6, 6.07) is 4.80. The number of carbonyl (C=O) groups is 1. The Labute approximate surface area is 101 Å². The Morgan fingerprint density at radius 2 is 2.18 bits per heavy atom. The molecule has 1 rings (SSSR count). The molecule has 1 aromatic carbocycles. The van der Waals surface area contributed by atoms with Gasteiger partial charge in [0.2, 0.25) is 0 Å². The van der Waals surface area contributed by atoms with Crippen LogP contribution in [0.3, 0.4) is 0 Å². The average Bonchev–Trinajstić information content (AvgIpc) is 2.32. The lowest BCUT2D eigenvalue weighted by molar-refractivity contribution is -0.119. The molecule has 0 atom stereocenters. The standard InChI is InChI=1S/C13H17FO3/c1-3-17-8-7-11(15)9-10-5-4-6-12(16-2)13(10)14/h4-6H,3,7-9H2,1-2H3. The maximum Gasteiger partial charge on any atom is 0.168 e. The van der Waals surface area contributed by atoms with E-state index in [1.54, 1.807) is 12.1 Å². The van der Waals surface area contributed by atoms with Gasteiger partial charge in [0.1, 0.15) is 5.78 Å². The lowest BCUT2D eigenvalue weighted by Gasteiger charge is -2.06. The molecule has 0 aliphatic carbocycles. The summed E-state index contributed by atoms with van der Waals surface area (Å²) in [6.07, 6.45) is 0.389. The van der Waals surface area contributed by atoms with E-state index in [1.165, 1.54) is 13.2 Å². The first-order chi connectivity index (χ1) is 8.19. The minimum absolute atomic E-state index is 0.0365. The molecule has 0 aliphatic heterocycles. The summed E-state index contributed by atoms with van der Waals surface area (Å²) in [5.41, 5.74) is 0.367. The van der Waals surface area contributed by atoms with E-state index in [0.717, 1.165) is 0 Å². The van der Waals surface area contributed by atoms with E-state index in [0.29, 0.717) is 25.2 Å². The highest BCUT2D eigenvalue weighted by Crippen LogP contribution is 2.20. The van der Waals surface area contributed by atoms with Crippen LogP contribution in [-0.2, 0) is 16.0 Å². The molecule has 0 aromatic heterocycles.